The van der Waals surface area contributed by atoms with E-state index in [1.54, 1.807) is 6.20 Å². The predicted molar refractivity (Wildman–Crippen MR) is 30.7 cm³/mol. The van der Waals surface area contributed by atoms with Crippen LogP contribution in [0.1, 0.15) is 19.8 Å². The van der Waals surface area contributed by atoms with Crippen LogP contribution in [0.3, 0.4) is 0 Å². The fourth-order valence-corrected chi connectivity index (χ4v) is 0.675. The third kappa shape index (κ3) is 0.952. The summed E-state index contributed by atoms with van der Waals surface area (Å²) in [7, 11) is 0. The van der Waals surface area contributed by atoms with Gasteiger partial charge in [-0.2, -0.15) is 0 Å². The SMILES string of the molecule is CC(=CN)C1CC1. The zero-order valence-electron chi connectivity index (χ0n) is 4.65. The second-order valence-electron chi connectivity index (χ2n) is 2.18. The van der Waals surface area contributed by atoms with Crippen molar-refractivity contribution in [1.29, 1.82) is 0 Å². The summed E-state index contributed by atoms with van der Waals surface area (Å²) >= 11 is 0. The molecular weight excluding hydrogens is 86.1 g/mol. The molecule has 0 aliphatic heterocycles. The van der Waals surface area contributed by atoms with Gasteiger partial charge >= 0.3 is 0 Å². The molecule has 1 heteroatoms. The monoisotopic (exact) mass is 97.1 g/mol. The van der Waals surface area contributed by atoms with Crippen molar-refractivity contribution in [3.05, 3.63) is 11.8 Å². The van der Waals surface area contributed by atoms with Crippen LogP contribution in [0.4, 0.5) is 0 Å². The van der Waals surface area contributed by atoms with Crippen molar-refractivity contribution in [2.75, 3.05) is 0 Å². The first-order chi connectivity index (χ1) is 3.34. The zero-order valence-corrected chi connectivity index (χ0v) is 4.65. The van der Waals surface area contributed by atoms with Crippen LogP contribution in [-0.4, -0.2) is 0 Å². The first-order valence-electron chi connectivity index (χ1n) is 2.73. The van der Waals surface area contributed by atoms with Crippen molar-refractivity contribution in [2.45, 2.75) is 19.8 Å². The van der Waals surface area contributed by atoms with E-state index in [9.17, 15) is 0 Å². The second kappa shape index (κ2) is 1.57. The van der Waals surface area contributed by atoms with Gasteiger partial charge in [-0.1, -0.05) is 5.57 Å². The van der Waals surface area contributed by atoms with Gasteiger partial charge in [0.05, 0.1) is 0 Å². The largest absolute Gasteiger partial charge is 0.405 e. The van der Waals surface area contributed by atoms with Gasteiger partial charge in [-0.25, -0.2) is 0 Å². The Morgan fingerprint density at radius 3 is 2.43 bits per heavy atom. The zero-order chi connectivity index (χ0) is 5.28. The minimum absolute atomic E-state index is 0.852. The molecule has 0 amide bonds. The molecule has 0 atom stereocenters. The summed E-state index contributed by atoms with van der Waals surface area (Å²) in [6.07, 6.45) is 4.44. The van der Waals surface area contributed by atoms with Crippen LogP contribution in [0.5, 0.6) is 0 Å². The molecule has 1 nitrogen and oxygen atoms in total. The molecule has 0 aromatic heterocycles. The van der Waals surface area contributed by atoms with Crippen LogP contribution < -0.4 is 5.73 Å². The Bertz CT molecular complexity index is 90.4. The minimum Gasteiger partial charge on any atom is -0.405 e. The summed E-state index contributed by atoms with van der Waals surface area (Å²) in [5.74, 6) is 0.852. The fraction of sp³-hybridized carbons (Fsp3) is 0.667. The molecule has 0 heterocycles. The highest BCUT2D eigenvalue weighted by molar-refractivity contribution is 5.07. The summed E-state index contributed by atoms with van der Waals surface area (Å²) in [5, 5.41) is 0. The molecule has 1 aliphatic carbocycles. The maximum Gasteiger partial charge on any atom is -0.00705 e. The van der Waals surface area contributed by atoms with Crippen LogP contribution in [0.2, 0.25) is 0 Å². The van der Waals surface area contributed by atoms with Crippen molar-refractivity contribution in [3.8, 4) is 0 Å². The van der Waals surface area contributed by atoms with Crippen LogP contribution in [-0.2, 0) is 0 Å². The number of rotatable bonds is 1. The van der Waals surface area contributed by atoms with Gasteiger partial charge in [0.25, 0.3) is 0 Å². The molecule has 0 unspecified atom stereocenters. The number of allylic oxidation sites excluding steroid dienone is 1. The molecule has 1 fully saturated rings. The van der Waals surface area contributed by atoms with E-state index >= 15 is 0 Å². The van der Waals surface area contributed by atoms with Gasteiger partial charge in [0, 0.05) is 0 Å². The third-order valence-corrected chi connectivity index (χ3v) is 1.48. The summed E-state index contributed by atoms with van der Waals surface area (Å²) in [6.45, 7) is 2.09. The van der Waals surface area contributed by atoms with Crippen LogP contribution in [0, 0.1) is 5.92 Å². The molecule has 0 bridgehead atoms. The van der Waals surface area contributed by atoms with E-state index in [-0.39, 0.29) is 0 Å². The Morgan fingerprint density at radius 1 is 1.71 bits per heavy atom. The lowest BCUT2D eigenvalue weighted by molar-refractivity contribution is 0.997. The minimum atomic E-state index is 0.852. The Labute approximate surface area is 44.2 Å². The van der Waals surface area contributed by atoms with Crippen molar-refractivity contribution >= 4 is 0 Å². The first-order valence-corrected chi connectivity index (χ1v) is 2.73. The average molecular weight is 97.2 g/mol. The maximum absolute atomic E-state index is 5.25. The van der Waals surface area contributed by atoms with Gasteiger partial charge in [0.15, 0.2) is 0 Å². The molecule has 1 aliphatic rings. The molecule has 2 N–H and O–H groups in total. The van der Waals surface area contributed by atoms with Crippen LogP contribution in [0.15, 0.2) is 11.8 Å². The Morgan fingerprint density at radius 2 is 2.29 bits per heavy atom. The van der Waals surface area contributed by atoms with E-state index in [1.807, 2.05) is 0 Å². The normalized spacial score (nSPS) is 22.7. The quantitative estimate of drug-likeness (QED) is 0.523. The molecule has 0 aromatic carbocycles. The molecule has 0 saturated heterocycles. The lowest BCUT2D eigenvalue weighted by atomic mass is 10.2. The van der Waals surface area contributed by atoms with Crippen molar-refractivity contribution in [1.82, 2.24) is 0 Å². The van der Waals surface area contributed by atoms with E-state index in [2.05, 4.69) is 6.92 Å². The maximum atomic E-state index is 5.25. The summed E-state index contributed by atoms with van der Waals surface area (Å²) in [4.78, 5) is 0. The van der Waals surface area contributed by atoms with Gasteiger partial charge in [-0.05, 0) is 31.9 Å². The highest BCUT2D eigenvalue weighted by atomic mass is 14.5. The van der Waals surface area contributed by atoms with E-state index < -0.39 is 0 Å². The Balaban J connectivity index is 2.37. The van der Waals surface area contributed by atoms with Gasteiger partial charge in [0.2, 0.25) is 0 Å². The third-order valence-electron chi connectivity index (χ3n) is 1.48. The van der Waals surface area contributed by atoms with Gasteiger partial charge in [-0.15, -0.1) is 0 Å². The topological polar surface area (TPSA) is 26.0 Å². The van der Waals surface area contributed by atoms with E-state index in [1.165, 1.54) is 18.4 Å². The smallest absolute Gasteiger partial charge is 0.00705 e. The van der Waals surface area contributed by atoms with Gasteiger partial charge in [0.1, 0.15) is 0 Å². The molecule has 1 rings (SSSR count). The van der Waals surface area contributed by atoms with E-state index in [0.717, 1.165) is 5.92 Å². The first kappa shape index (κ1) is 4.69. The van der Waals surface area contributed by atoms with Crippen molar-refractivity contribution in [3.63, 3.8) is 0 Å². The highest BCUT2D eigenvalue weighted by Crippen LogP contribution is 2.35. The van der Waals surface area contributed by atoms with Crippen LogP contribution >= 0.6 is 0 Å². The molecular formula is C6H11N. The second-order valence-corrected chi connectivity index (χ2v) is 2.18. The number of hydrogen-bond acceptors (Lipinski definition) is 1. The number of nitrogens with two attached hydrogens (primary N) is 1. The lowest BCUT2D eigenvalue weighted by Crippen LogP contribution is -1.84. The van der Waals surface area contributed by atoms with Crippen LogP contribution in [0.25, 0.3) is 0 Å². The van der Waals surface area contributed by atoms with Gasteiger partial charge in [-0.3, -0.25) is 0 Å². The van der Waals surface area contributed by atoms with Crippen molar-refractivity contribution < 1.29 is 0 Å². The molecule has 40 valence electrons. The Hall–Kier alpha value is -0.460. The highest BCUT2D eigenvalue weighted by Gasteiger charge is 2.22. The summed E-state index contributed by atoms with van der Waals surface area (Å²) in [6, 6.07) is 0. The molecule has 0 aromatic rings. The standard InChI is InChI=1S/C6H11N/c1-5(4-7)6-2-3-6/h4,6H,2-3,7H2,1H3. The summed E-state index contributed by atoms with van der Waals surface area (Å²) < 4.78 is 0. The van der Waals surface area contributed by atoms with Gasteiger partial charge < -0.3 is 5.73 Å². The summed E-state index contributed by atoms with van der Waals surface area (Å²) in [5.41, 5.74) is 6.61. The average Bonchev–Trinajstić information content (AvgIpc) is 2.44. The van der Waals surface area contributed by atoms with Crippen molar-refractivity contribution in [2.24, 2.45) is 11.7 Å². The fourth-order valence-electron chi connectivity index (χ4n) is 0.675. The molecule has 0 spiro atoms. The molecule has 0 radical (unpaired) electrons. The van der Waals surface area contributed by atoms with E-state index in [4.69, 9.17) is 5.73 Å². The lowest BCUT2D eigenvalue weighted by Gasteiger charge is -1.88. The molecule has 7 heavy (non-hydrogen) atoms. The predicted octanol–water partition coefficient (Wildman–Crippen LogP) is 1.26. The number of hydrogen-bond donors (Lipinski definition) is 1. The Kier molecular flexibility index (Phi) is 1.05. The molecule has 1 saturated carbocycles. The van der Waals surface area contributed by atoms with E-state index in [0.29, 0.717) is 0 Å².